The quantitative estimate of drug-likeness (QED) is 0.676. The van der Waals surface area contributed by atoms with Crippen molar-refractivity contribution in [3.63, 3.8) is 0 Å². The Morgan fingerprint density at radius 1 is 1.39 bits per heavy atom. The number of rotatable bonds is 4. The number of benzene rings is 1. The molecule has 1 aromatic carbocycles. The number of nitrogens with one attached hydrogen (secondary N) is 3. The van der Waals surface area contributed by atoms with E-state index < -0.39 is 5.82 Å². The number of hydrogen-bond acceptors (Lipinski definition) is 3. The van der Waals surface area contributed by atoms with Gasteiger partial charge in [0.15, 0.2) is 0 Å². The minimum absolute atomic E-state index is 0.0471. The largest absolute Gasteiger partial charge is 0.395 e. The highest BCUT2D eigenvalue weighted by atomic mass is 19.1. The Bertz CT molecular complexity index is 810. The van der Waals surface area contributed by atoms with E-state index in [4.69, 9.17) is 5.11 Å². The van der Waals surface area contributed by atoms with Gasteiger partial charge in [-0.3, -0.25) is 9.59 Å². The van der Waals surface area contributed by atoms with E-state index in [0.717, 1.165) is 0 Å². The number of halogens is 1. The van der Waals surface area contributed by atoms with E-state index >= 15 is 0 Å². The van der Waals surface area contributed by atoms with Crippen LogP contribution in [-0.2, 0) is 4.79 Å². The van der Waals surface area contributed by atoms with Crippen molar-refractivity contribution in [2.24, 2.45) is 0 Å². The minimum atomic E-state index is -0.409. The summed E-state index contributed by atoms with van der Waals surface area (Å²) in [6.07, 6.45) is 1.80. The maximum atomic E-state index is 13.6. The molecule has 1 aliphatic rings. The molecule has 0 saturated heterocycles. The van der Waals surface area contributed by atoms with Crippen LogP contribution in [-0.4, -0.2) is 41.6 Å². The molecule has 0 bridgehead atoms. The lowest BCUT2D eigenvalue weighted by atomic mass is 9.98. The predicted octanol–water partition coefficient (Wildman–Crippen LogP) is 0.932. The smallest absolute Gasteiger partial charge is 0.268 e. The van der Waals surface area contributed by atoms with Crippen molar-refractivity contribution >= 4 is 28.3 Å². The average molecular weight is 317 g/mol. The highest BCUT2D eigenvalue weighted by Crippen LogP contribution is 2.32. The van der Waals surface area contributed by atoms with Gasteiger partial charge >= 0.3 is 0 Å². The van der Waals surface area contributed by atoms with E-state index in [-0.39, 0.29) is 31.4 Å². The Morgan fingerprint density at radius 2 is 2.22 bits per heavy atom. The molecule has 2 heterocycles. The molecule has 0 unspecified atom stereocenters. The zero-order chi connectivity index (χ0) is 16.4. The number of aliphatic hydroxyl groups is 1. The van der Waals surface area contributed by atoms with Gasteiger partial charge in [0.1, 0.15) is 11.5 Å². The summed E-state index contributed by atoms with van der Waals surface area (Å²) in [4.78, 5) is 27.1. The van der Waals surface area contributed by atoms with Crippen LogP contribution in [0.15, 0.2) is 24.3 Å². The van der Waals surface area contributed by atoms with Crippen molar-refractivity contribution in [3.05, 3.63) is 41.3 Å². The fourth-order valence-electron chi connectivity index (χ4n) is 2.72. The molecule has 2 aromatic rings. The van der Waals surface area contributed by atoms with E-state index in [1.54, 1.807) is 12.1 Å². The first-order valence-corrected chi connectivity index (χ1v) is 7.26. The minimum Gasteiger partial charge on any atom is -0.395 e. The fourth-order valence-corrected chi connectivity index (χ4v) is 2.72. The molecule has 120 valence electrons. The van der Waals surface area contributed by atoms with Crippen molar-refractivity contribution in [1.82, 2.24) is 15.6 Å². The second-order valence-corrected chi connectivity index (χ2v) is 5.25. The highest BCUT2D eigenvalue weighted by molar-refractivity contribution is 6.09. The van der Waals surface area contributed by atoms with Crippen LogP contribution in [0, 0.1) is 5.82 Å². The summed E-state index contributed by atoms with van der Waals surface area (Å²) in [6, 6.07) is 4.23. The number of aromatic nitrogens is 1. The molecular formula is C16H16FN3O3. The molecule has 7 heteroatoms. The molecule has 1 aliphatic heterocycles. The third-order valence-corrected chi connectivity index (χ3v) is 3.70. The Balaban J connectivity index is 2.05. The molecule has 0 saturated carbocycles. The molecule has 3 rings (SSSR count). The molecule has 0 spiro atoms. The zero-order valence-corrected chi connectivity index (χ0v) is 12.3. The van der Waals surface area contributed by atoms with Crippen molar-refractivity contribution < 1.29 is 19.1 Å². The summed E-state index contributed by atoms with van der Waals surface area (Å²) in [5.41, 5.74) is 2.15. The van der Waals surface area contributed by atoms with E-state index in [0.29, 0.717) is 34.3 Å². The number of carbonyl (C=O) groups is 2. The van der Waals surface area contributed by atoms with E-state index in [2.05, 4.69) is 15.6 Å². The molecule has 1 aromatic heterocycles. The van der Waals surface area contributed by atoms with Crippen molar-refractivity contribution in [1.29, 1.82) is 0 Å². The summed E-state index contributed by atoms with van der Waals surface area (Å²) in [5, 5.41) is 14.6. The molecule has 0 fully saturated rings. The maximum Gasteiger partial charge on any atom is 0.268 e. The standard InChI is InChI=1S/C16H16FN3O3/c17-10-1-2-12-11(8-10)14-9(7-13(22)18-5-6-21)3-4-19-16(23)15(14)20-12/h1-3,8,20-21H,4-7H2,(H,18,22)(H,19,23). The van der Waals surface area contributed by atoms with Gasteiger partial charge < -0.3 is 20.7 Å². The van der Waals surface area contributed by atoms with Gasteiger partial charge in [-0.15, -0.1) is 0 Å². The number of hydrogen-bond donors (Lipinski definition) is 4. The summed E-state index contributed by atoms with van der Waals surface area (Å²) in [6.45, 7) is 0.313. The van der Waals surface area contributed by atoms with Crippen molar-refractivity contribution in [2.75, 3.05) is 19.7 Å². The number of aromatic amines is 1. The highest BCUT2D eigenvalue weighted by Gasteiger charge is 2.24. The Labute approximate surface area is 131 Å². The number of fused-ring (bicyclic) bond motifs is 3. The third kappa shape index (κ3) is 2.95. The number of H-pyrrole nitrogens is 1. The monoisotopic (exact) mass is 317 g/mol. The molecule has 6 nitrogen and oxygen atoms in total. The number of aliphatic hydroxyl groups excluding tert-OH is 1. The van der Waals surface area contributed by atoms with E-state index in [1.807, 2.05) is 0 Å². The molecule has 0 aliphatic carbocycles. The summed E-state index contributed by atoms with van der Waals surface area (Å²) < 4.78 is 13.6. The fraction of sp³-hybridized carbons (Fsp3) is 0.250. The number of carbonyl (C=O) groups excluding carboxylic acids is 2. The van der Waals surface area contributed by atoms with Crippen molar-refractivity contribution in [3.8, 4) is 0 Å². The second kappa shape index (κ2) is 6.21. The topological polar surface area (TPSA) is 94.2 Å². The van der Waals surface area contributed by atoms with Crippen LogP contribution in [0.2, 0.25) is 0 Å². The van der Waals surface area contributed by atoms with Crippen LogP contribution in [0.1, 0.15) is 22.5 Å². The predicted molar refractivity (Wildman–Crippen MR) is 83.3 cm³/mol. The van der Waals surface area contributed by atoms with E-state index in [9.17, 15) is 14.0 Å². The lowest BCUT2D eigenvalue weighted by Crippen LogP contribution is -2.26. The van der Waals surface area contributed by atoms with Gasteiger partial charge in [-0.2, -0.15) is 0 Å². The molecule has 4 N–H and O–H groups in total. The van der Waals surface area contributed by atoms with Crippen LogP contribution in [0.3, 0.4) is 0 Å². The average Bonchev–Trinajstić information content (AvgIpc) is 2.83. The molecule has 0 atom stereocenters. The first kappa shape index (κ1) is 15.2. The normalized spacial score (nSPS) is 14.0. The first-order chi connectivity index (χ1) is 11.1. The maximum absolute atomic E-state index is 13.6. The van der Waals surface area contributed by atoms with Crippen molar-refractivity contribution in [2.45, 2.75) is 6.42 Å². The number of amides is 2. The van der Waals surface area contributed by atoms with Gasteiger partial charge in [-0.1, -0.05) is 6.08 Å². The SMILES string of the molecule is O=C(CC1=CCNC(=O)c2[nH]c3ccc(F)cc3c21)NCCO. The zero-order valence-electron chi connectivity index (χ0n) is 12.3. The van der Waals surface area contributed by atoms with Gasteiger partial charge in [-0.25, -0.2) is 4.39 Å². The lowest BCUT2D eigenvalue weighted by Gasteiger charge is -2.08. The summed E-state index contributed by atoms with van der Waals surface area (Å²) >= 11 is 0. The lowest BCUT2D eigenvalue weighted by molar-refractivity contribution is -0.120. The Kier molecular flexibility index (Phi) is 4.12. The second-order valence-electron chi connectivity index (χ2n) is 5.25. The van der Waals surface area contributed by atoms with Gasteiger partial charge in [0.2, 0.25) is 5.91 Å². The Hall–Kier alpha value is -2.67. The van der Waals surface area contributed by atoms with Crippen LogP contribution in [0.25, 0.3) is 16.5 Å². The van der Waals surface area contributed by atoms with Gasteiger partial charge in [0.05, 0.1) is 13.0 Å². The van der Waals surface area contributed by atoms with Crippen LogP contribution >= 0.6 is 0 Å². The Morgan fingerprint density at radius 3 is 3.00 bits per heavy atom. The first-order valence-electron chi connectivity index (χ1n) is 7.26. The van der Waals surface area contributed by atoms with Gasteiger partial charge in [0, 0.05) is 29.6 Å². The van der Waals surface area contributed by atoms with Gasteiger partial charge in [0.25, 0.3) is 5.91 Å². The molecule has 0 radical (unpaired) electrons. The molecule has 2 amide bonds. The summed E-state index contributed by atoms with van der Waals surface area (Å²) in [7, 11) is 0. The van der Waals surface area contributed by atoms with Crippen LogP contribution in [0.4, 0.5) is 4.39 Å². The van der Waals surface area contributed by atoms with Gasteiger partial charge in [-0.05, 0) is 23.8 Å². The van der Waals surface area contributed by atoms with E-state index in [1.165, 1.54) is 12.1 Å². The molecular weight excluding hydrogens is 301 g/mol. The third-order valence-electron chi connectivity index (χ3n) is 3.70. The molecule has 23 heavy (non-hydrogen) atoms. The summed E-state index contributed by atoms with van der Waals surface area (Å²) in [5.74, 6) is -0.969. The van der Waals surface area contributed by atoms with Crippen LogP contribution < -0.4 is 10.6 Å². The van der Waals surface area contributed by atoms with Crippen LogP contribution in [0.5, 0.6) is 0 Å².